The molecule has 1 aromatic carbocycles. The number of benzene rings is 1. The lowest BCUT2D eigenvalue weighted by Gasteiger charge is -2.04. The molecule has 0 amide bonds. The molecule has 0 saturated carbocycles. The van der Waals surface area contributed by atoms with Crippen LogP contribution in [0, 0.1) is 5.82 Å². The van der Waals surface area contributed by atoms with Crippen molar-refractivity contribution in [3.8, 4) is 0 Å². The maximum absolute atomic E-state index is 12.8. The summed E-state index contributed by atoms with van der Waals surface area (Å²) in [6.07, 6.45) is 1.60. The molecule has 2 rings (SSSR count). The van der Waals surface area contributed by atoms with Crippen molar-refractivity contribution in [2.24, 2.45) is 0 Å². The molecule has 76 valence electrons. The van der Waals surface area contributed by atoms with Crippen molar-refractivity contribution in [1.29, 1.82) is 0 Å². The first kappa shape index (κ1) is 9.58. The van der Waals surface area contributed by atoms with E-state index in [9.17, 15) is 4.39 Å². The third-order valence-corrected chi connectivity index (χ3v) is 1.93. The Morgan fingerprint density at radius 3 is 2.87 bits per heavy atom. The zero-order valence-corrected chi connectivity index (χ0v) is 8.02. The second-order valence-corrected chi connectivity index (χ2v) is 3.09. The summed E-state index contributed by atoms with van der Waals surface area (Å²) in [7, 11) is 0. The highest BCUT2D eigenvalue weighted by Crippen LogP contribution is 2.06. The lowest BCUT2D eigenvalue weighted by molar-refractivity contribution is 0.626. The van der Waals surface area contributed by atoms with Crippen LogP contribution in [0.15, 0.2) is 42.6 Å². The van der Waals surface area contributed by atoms with Crippen LogP contribution in [0.1, 0.15) is 5.56 Å². The minimum absolute atomic E-state index is 0.228. The molecule has 1 heterocycles. The Labute approximate surface area is 87.0 Å². The minimum Gasteiger partial charge on any atom is -0.365 e. The summed E-state index contributed by atoms with van der Waals surface area (Å²) in [6, 6.07) is 10.1. The molecule has 0 saturated heterocycles. The quantitative estimate of drug-likeness (QED) is 0.831. The Hall–Kier alpha value is -1.97. The predicted molar refractivity (Wildman–Crippen MR) is 55.8 cm³/mol. The summed E-state index contributed by atoms with van der Waals surface area (Å²) in [6.45, 7) is 0.538. The SMILES string of the molecule is Fc1cccc(CNc2cccnn2)c1. The molecule has 4 heteroatoms. The molecule has 1 aromatic heterocycles. The second-order valence-electron chi connectivity index (χ2n) is 3.09. The van der Waals surface area contributed by atoms with Crippen LogP contribution in [-0.2, 0) is 6.54 Å². The molecule has 0 spiro atoms. The third-order valence-electron chi connectivity index (χ3n) is 1.93. The zero-order chi connectivity index (χ0) is 10.5. The van der Waals surface area contributed by atoms with Crippen LogP contribution in [0.4, 0.5) is 10.2 Å². The maximum Gasteiger partial charge on any atom is 0.148 e. The number of halogens is 1. The average Bonchev–Trinajstić information content (AvgIpc) is 2.28. The van der Waals surface area contributed by atoms with E-state index >= 15 is 0 Å². The van der Waals surface area contributed by atoms with E-state index in [4.69, 9.17) is 0 Å². The van der Waals surface area contributed by atoms with Gasteiger partial charge in [-0.1, -0.05) is 12.1 Å². The molecule has 0 bridgehead atoms. The van der Waals surface area contributed by atoms with Crippen LogP contribution >= 0.6 is 0 Å². The molecule has 15 heavy (non-hydrogen) atoms. The maximum atomic E-state index is 12.8. The first-order valence-corrected chi connectivity index (χ1v) is 4.60. The normalized spacial score (nSPS) is 9.93. The van der Waals surface area contributed by atoms with Crippen LogP contribution in [0.25, 0.3) is 0 Å². The average molecular weight is 203 g/mol. The fraction of sp³-hybridized carbons (Fsp3) is 0.0909. The first-order valence-electron chi connectivity index (χ1n) is 4.60. The Bertz CT molecular complexity index is 431. The minimum atomic E-state index is -0.228. The van der Waals surface area contributed by atoms with E-state index in [-0.39, 0.29) is 5.82 Å². The Morgan fingerprint density at radius 1 is 1.20 bits per heavy atom. The Balaban J connectivity index is 1.99. The molecule has 1 N–H and O–H groups in total. The lowest BCUT2D eigenvalue weighted by atomic mass is 10.2. The largest absolute Gasteiger partial charge is 0.365 e. The van der Waals surface area contributed by atoms with Crippen molar-refractivity contribution in [1.82, 2.24) is 10.2 Å². The standard InChI is InChI=1S/C11H10FN3/c12-10-4-1-3-9(7-10)8-13-11-5-2-6-14-15-11/h1-7H,8H2,(H,13,15). The molecular weight excluding hydrogens is 193 g/mol. The van der Waals surface area contributed by atoms with Gasteiger partial charge in [0.25, 0.3) is 0 Å². The van der Waals surface area contributed by atoms with Crippen LogP contribution < -0.4 is 5.32 Å². The smallest absolute Gasteiger partial charge is 0.148 e. The number of aromatic nitrogens is 2. The van der Waals surface area contributed by atoms with Gasteiger partial charge in [0.05, 0.1) is 0 Å². The van der Waals surface area contributed by atoms with Gasteiger partial charge in [0, 0.05) is 12.7 Å². The summed E-state index contributed by atoms with van der Waals surface area (Å²) in [5, 5.41) is 10.6. The molecule has 0 aliphatic carbocycles. The Morgan fingerprint density at radius 2 is 2.13 bits per heavy atom. The van der Waals surface area contributed by atoms with Crippen molar-refractivity contribution in [2.45, 2.75) is 6.54 Å². The van der Waals surface area contributed by atoms with Crippen molar-refractivity contribution >= 4 is 5.82 Å². The van der Waals surface area contributed by atoms with Crippen molar-refractivity contribution in [3.05, 3.63) is 54.0 Å². The molecule has 0 unspecified atom stereocenters. The van der Waals surface area contributed by atoms with E-state index in [0.717, 1.165) is 5.56 Å². The second kappa shape index (κ2) is 4.50. The highest BCUT2D eigenvalue weighted by molar-refractivity contribution is 5.33. The highest BCUT2D eigenvalue weighted by atomic mass is 19.1. The predicted octanol–water partition coefficient (Wildman–Crippen LogP) is 2.23. The van der Waals surface area contributed by atoms with Crippen LogP contribution in [-0.4, -0.2) is 10.2 Å². The highest BCUT2D eigenvalue weighted by Gasteiger charge is 1.96. The van der Waals surface area contributed by atoms with E-state index in [1.807, 2.05) is 12.1 Å². The van der Waals surface area contributed by atoms with Gasteiger partial charge in [0.15, 0.2) is 0 Å². The van der Waals surface area contributed by atoms with Crippen molar-refractivity contribution in [3.63, 3.8) is 0 Å². The molecule has 0 aliphatic heterocycles. The number of nitrogens with one attached hydrogen (secondary N) is 1. The third kappa shape index (κ3) is 2.74. The molecular formula is C11H10FN3. The topological polar surface area (TPSA) is 37.8 Å². The molecule has 0 atom stereocenters. The molecule has 2 aromatic rings. The van der Waals surface area contributed by atoms with Gasteiger partial charge in [-0.25, -0.2) is 4.39 Å². The van der Waals surface area contributed by atoms with Gasteiger partial charge in [-0.15, -0.1) is 5.10 Å². The van der Waals surface area contributed by atoms with Crippen molar-refractivity contribution in [2.75, 3.05) is 5.32 Å². The number of hydrogen-bond acceptors (Lipinski definition) is 3. The molecule has 3 nitrogen and oxygen atoms in total. The van der Waals surface area contributed by atoms with E-state index in [0.29, 0.717) is 12.4 Å². The first-order chi connectivity index (χ1) is 7.34. The van der Waals surface area contributed by atoms with E-state index in [1.54, 1.807) is 18.3 Å². The lowest BCUT2D eigenvalue weighted by Crippen LogP contribution is -2.01. The fourth-order valence-electron chi connectivity index (χ4n) is 1.24. The number of nitrogens with zero attached hydrogens (tertiary/aromatic N) is 2. The van der Waals surface area contributed by atoms with Gasteiger partial charge in [-0.3, -0.25) is 0 Å². The summed E-state index contributed by atoms with van der Waals surface area (Å²) in [4.78, 5) is 0. The monoisotopic (exact) mass is 203 g/mol. The summed E-state index contributed by atoms with van der Waals surface area (Å²) >= 11 is 0. The molecule has 0 aliphatic rings. The van der Waals surface area contributed by atoms with Gasteiger partial charge >= 0.3 is 0 Å². The van der Waals surface area contributed by atoms with Gasteiger partial charge in [-0.2, -0.15) is 5.10 Å². The van der Waals surface area contributed by atoms with Gasteiger partial charge in [0.1, 0.15) is 11.6 Å². The summed E-state index contributed by atoms with van der Waals surface area (Å²) in [5.74, 6) is 0.454. The van der Waals surface area contributed by atoms with Crippen LogP contribution in [0.2, 0.25) is 0 Å². The van der Waals surface area contributed by atoms with E-state index < -0.39 is 0 Å². The van der Waals surface area contributed by atoms with E-state index in [2.05, 4.69) is 15.5 Å². The van der Waals surface area contributed by atoms with Crippen molar-refractivity contribution < 1.29 is 4.39 Å². The van der Waals surface area contributed by atoms with Crippen LogP contribution in [0.3, 0.4) is 0 Å². The molecule has 0 fully saturated rings. The van der Waals surface area contributed by atoms with E-state index in [1.165, 1.54) is 12.1 Å². The number of hydrogen-bond donors (Lipinski definition) is 1. The Kier molecular flexibility index (Phi) is 2.88. The van der Waals surface area contributed by atoms with Crippen LogP contribution in [0.5, 0.6) is 0 Å². The molecule has 0 radical (unpaired) electrons. The van der Waals surface area contributed by atoms with Gasteiger partial charge < -0.3 is 5.32 Å². The van der Waals surface area contributed by atoms with Gasteiger partial charge in [0.2, 0.25) is 0 Å². The zero-order valence-electron chi connectivity index (χ0n) is 8.02. The fourth-order valence-corrected chi connectivity index (χ4v) is 1.24. The number of rotatable bonds is 3. The van der Waals surface area contributed by atoms with Gasteiger partial charge in [-0.05, 0) is 29.8 Å². The summed E-state index contributed by atoms with van der Waals surface area (Å²) in [5.41, 5.74) is 0.876. The number of anilines is 1. The summed E-state index contributed by atoms with van der Waals surface area (Å²) < 4.78 is 12.8.